The van der Waals surface area contributed by atoms with E-state index in [9.17, 15) is 4.79 Å². The molecule has 2 rings (SSSR count). The predicted octanol–water partition coefficient (Wildman–Crippen LogP) is 0.315. The Morgan fingerprint density at radius 3 is 2.75 bits per heavy atom. The number of rotatable bonds is 3. The van der Waals surface area contributed by atoms with Crippen LogP contribution < -0.4 is 11.1 Å². The Balaban J connectivity index is 2.17. The molecule has 0 radical (unpaired) electrons. The molecule has 1 aliphatic carbocycles. The molecule has 5 heteroatoms. The first-order chi connectivity index (χ1) is 7.56. The monoisotopic (exact) mass is 220 g/mol. The Bertz CT molecular complexity index is 426. The van der Waals surface area contributed by atoms with Gasteiger partial charge in [-0.15, -0.1) is 0 Å². The third kappa shape index (κ3) is 2.04. The molecule has 0 atom stereocenters. The fourth-order valence-corrected chi connectivity index (χ4v) is 1.62. The van der Waals surface area contributed by atoms with Crippen molar-refractivity contribution in [1.29, 1.82) is 0 Å². The van der Waals surface area contributed by atoms with E-state index < -0.39 is 0 Å². The van der Waals surface area contributed by atoms with Gasteiger partial charge in [-0.2, -0.15) is 10.2 Å². The van der Waals surface area contributed by atoms with E-state index in [1.54, 1.807) is 13.0 Å². The van der Waals surface area contributed by atoms with E-state index in [1.807, 2.05) is 6.92 Å². The summed E-state index contributed by atoms with van der Waals surface area (Å²) in [5, 5.41) is 10.8. The van der Waals surface area contributed by atoms with Crippen molar-refractivity contribution < 1.29 is 4.79 Å². The molecular formula is C11H16N4O. The lowest BCUT2D eigenvalue weighted by Gasteiger charge is -2.15. The van der Waals surface area contributed by atoms with Gasteiger partial charge in [-0.3, -0.25) is 4.79 Å². The first kappa shape index (κ1) is 11.0. The van der Waals surface area contributed by atoms with Gasteiger partial charge in [0, 0.05) is 6.54 Å². The molecule has 0 saturated heterocycles. The standard InChI is InChI=1S/C11H16N4O/c1-7-5-9(8(2)15-14-7)10(16)13-11(6-12)3-4-11/h5H,3-4,6,12H2,1-2H3,(H,13,16). The summed E-state index contributed by atoms with van der Waals surface area (Å²) in [6.45, 7) is 4.09. The molecule has 0 aromatic carbocycles. The van der Waals surface area contributed by atoms with Gasteiger partial charge in [0.05, 0.1) is 22.5 Å². The zero-order valence-electron chi connectivity index (χ0n) is 9.58. The first-order valence-corrected chi connectivity index (χ1v) is 5.40. The van der Waals surface area contributed by atoms with Crippen molar-refractivity contribution in [2.24, 2.45) is 5.73 Å². The number of carbonyl (C=O) groups excluding carboxylic acids is 1. The Labute approximate surface area is 94.4 Å². The molecule has 0 unspecified atom stereocenters. The molecule has 1 aromatic rings. The number of amides is 1. The van der Waals surface area contributed by atoms with Crippen LogP contribution in [0, 0.1) is 13.8 Å². The second kappa shape index (κ2) is 3.83. The van der Waals surface area contributed by atoms with Crippen LogP contribution in [0.2, 0.25) is 0 Å². The number of nitrogens with one attached hydrogen (secondary N) is 1. The first-order valence-electron chi connectivity index (χ1n) is 5.40. The van der Waals surface area contributed by atoms with Crippen LogP contribution in [0.5, 0.6) is 0 Å². The third-order valence-electron chi connectivity index (χ3n) is 2.97. The summed E-state index contributed by atoms with van der Waals surface area (Å²) < 4.78 is 0. The van der Waals surface area contributed by atoms with Crippen LogP contribution in [0.25, 0.3) is 0 Å². The Kier molecular flexibility index (Phi) is 2.63. The molecule has 1 heterocycles. The van der Waals surface area contributed by atoms with E-state index in [0.29, 0.717) is 17.8 Å². The molecule has 0 aliphatic heterocycles. The molecule has 3 N–H and O–H groups in total. The minimum absolute atomic E-state index is 0.0987. The summed E-state index contributed by atoms with van der Waals surface area (Å²) in [6, 6.07) is 1.75. The smallest absolute Gasteiger partial charge is 0.253 e. The van der Waals surface area contributed by atoms with Crippen molar-refractivity contribution in [1.82, 2.24) is 15.5 Å². The van der Waals surface area contributed by atoms with E-state index in [-0.39, 0.29) is 11.4 Å². The summed E-state index contributed by atoms with van der Waals surface area (Å²) in [5.41, 5.74) is 7.44. The van der Waals surface area contributed by atoms with Crippen LogP contribution in [0.1, 0.15) is 34.6 Å². The van der Waals surface area contributed by atoms with Crippen molar-refractivity contribution in [2.75, 3.05) is 6.54 Å². The summed E-state index contributed by atoms with van der Waals surface area (Å²) in [7, 11) is 0. The summed E-state index contributed by atoms with van der Waals surface area (Å²) in [5.74, 6) is -0.0987. The maximum atomic E-state index is 12.0. The lowest BCUT2D eigenvalue weighted by atomic mass is 10.1. The fourth-order valence-electron chi connectivity index (χ4n) is 1.62. The topological polar surface area (TPSA) is 80.9 Å². The Morgan fingerprint density at radius 1 is 1.50 bits per heavy atom. The van der Waals surface area contributed by atoms with Gasteiger partial charge < -0.3 is 11.1 Å². The zero-order chi connectivity index (χ0) is 11.8. The van der Waals surface area contributed by atoms with Crippen molar-refractivity contribution in [3.8, 4) is 0 Å². The van der Waals surface area contributed by atoms with Gasteiger partial charge in [-0.05, 0) is 32.8 Å². The van der Waals surface area contributed by atoms with Crippen molar-refractivity contribution in [3.63, 3.8) is 0 Å². The number of nitrogens with zero attached hydrogens (tertiary/aromatic N) is 2. The minimum atomic E-state index is -0.166. The summed E-state index contributed by atoms with van der Waals surface area (Å²) in [6.07, 6.45) is 1.93. The van der Waals surface area contributed by atoms with Crippen molar-refractivity contribution in [2.45, 2.75) is 32.2 Å². The highest BCUT2D eigenvalue weighted by Crippen LogP contribution is 2.34. The molecule has 0 spiro atoms. The summed E-state index contributed by atoms with van der Waals surface area (Å²) in [4.78, 5) is 12.0. The number of aryl methyl sites for hydroxylation is 2. The number of hydrogen-bond acceptors (Lipinski definition) is 4. The lowest BCUT2D eigenvalue weighted by molar-refractivity contribution is 0.0931. The van der Waals surface area contributed by atoms with Crippen molar-refractivity contribution in [3.05, 3.63) is 23.0 Å². The quantitative estimate of drug-likeness (QED) is 0.768. The van der Waals surface area contributed by atoms with E-state index in [4.69, 9.17) is 5.73 Å². The van der Waals surface area contributed by atoms with Gasteiger partial charge in [-0.25, -0.2) is 0 Å². The number of carbonyl (C=O) groups is 1. The van der Waals surface area contributed by atoms with Gasteiger partial charge in [-0.1, -0.05) is 0 Å². The van der Waals surface area contributed by atoms with Crippen LogP contribution in [-0.4, -0.2) is 28.2 Å². The summed E-state index contributed by atoms with van der Waals surface area (Å²) >= 11 is 0. The molecule has 1 amide bonds. The van der Waals surface area contributed by atoms with Gasteiger partial charge in [0.2, 0.25) is 0 Å². The third-order valence-corrected chi connectivity index (χ3v) is 2.97. The second-order valence-corrected chi connectivity index (χ2v) is 4.42. The van der Waals surface area contributed by atoms with Gasteiger partial charge in [0.25, 0.3) is 5.91 Å². The molecule has 1 fully saturated rings. The van der Waals surface area contributed by atoms with E-state index >= 15 is 0 Å². The zero-order valence-corrected chi connectivity index (χ0v) is 9.58. The number of aromatic nitrogens is 2. The maximum Gasteiger partial charge on any atom is 0.253 e. The van der Waals surface area contributed by atoms with Crippen LogP contribution in [0.15, 0.2) is 6.07 Å². The Hall–Kier alpha value is -1.49. The predicted molar refractivity (Wildman–Crippen MR) is 60.0 cm³/mol. The largest absolute Gasteiger partial charge is 0.345 e. The fraction of sp³-hybridized carbons (Fsp3) is 0.545. The van der Waals surface area contributed by atoms with Gasteiger partial charge in [0.1, 0.15) is 0 Å². The number of nitrogens with two attached hydrogens (primary N) is 1. The van der Waals surface area contributed by atoms with Gasteiger partial charge in [0.15, 0.2) is 0 Å². The maximum absolute atomic E-state index is 12.0. The van der Waals surface area contributed by atoms with E-state index in [0.717, 1.165) is 18.5 Å². The van der Waals surface area contributed by atoms with Crippen LogP contribution in [0.4, 0.5) is 0 Å². The molecule has 16 heavy (non-hydrogen) atoms. The molecule has 5 nitrogen and oxygen atoms in total. The van der Waals surface area contributed by atoms with Gasteiger partial charge >= 0.3 is 0 Å². The molecule has 0 bridgehead atoms. The van der Waals surface area contributed by atoms with E-state index in [1.165, 1.54) is 0 Å². The minimum Gasteiger partial charge on any atom is -0.345 e. The highest BCUT2D eigenvalue weighted by molar-refractivity contribution is 5.96. The highest BCUT2D eigenvalue weighted by Gasteiger charge is 2.42. The molecule has 1 aliphatic rings. The SMILES string of the molecule is Cc1cc(C(=O)NC2(CN)CC2)c(C)nn1. The van der Waals surface area contributed by atoms with Crippen LogP contribution in [-0.2, 0) is 0 Å². The number of hydrogen-bond donors (Lipinski definition) is 2. The average Bonchev–Trinajstić information content (AvgIpc) is 3.02. The van der Waals surface area contributed by atoms with E-state index in [2.05, 4.69) is 15.5 Å². The highest BCUT2D eigenvalue weighted by atomic mass is 16.1. The normalized spacial score (nSPS) is 16.9. The Morgan fingerprint density at radius 2 is 2.19 bits per heavy atom. The molecular weight excluding hydrogens is 204 g/mol. The van der Waals surface area contributed by atoms with Crippen molar-refractivity contribution >= 4 is 5.91 Å². The molecule has 1 aromatic heterocycles. The molecule has 1 saturated carbocycles. The van der Waals surface area contributed by atoms with Crippen LogP contribution in [0.3, 0.4) is 0 Å². The van der Waals surface area contributed by atoms with Crippen LogP contribution >= 0.6 is 0 Å². The lowest BCUT2D eigenvalue weighted by Crippen LogP contribution is -2.42. The second-order valence-electron chi connectivity index (χ2n) is 4.42. The molecule has 86 valence electrons. The average molecular weight is 220 g/mol.